The van der Waals surface area contributed by atoms with E-state index in [4.69, 9.17) is 11.2 Å². The number of likely N-dealkylation sites (N-methyl/N-ethyl adjacent to an activating group) is 1. The summed E-state index contributed by atoms with van der Waals surface area (Å²) in [5, 5.41) is 3.14. The van der Waals surface area contributed by atoms with Crippen molar-refractivity contribution in [1.82, 2.24) is 20.1 Å². The van der Waals surface area contributed by atoms with Gasteiger partial charge < -0.3 is 24.8 Å². The molecule has 2 amide bonds. The number of nitrogens with one attached hydrogen (secondary N) is 1. The van der Waals surface area contributed by atoms with Crippen LogP contribution in [0.25, 0.3) is 11.3 Å². The summed E-state index contributed by atoms with van der Waals surface area (Å²) in [6.45, 7) is 7.44. The van der Waals surface area contributed by atoms with Crippen LogP contribution in [-0.2, 0) is 14.3 Å². The molecule has 9 nitrogen and oxygen atoms in total. The molecule has 4 atom stereocenters. The first-order valence-corrected chi connectivity index (χ1v) is 14.4. The number of aromatic nitrogens is 1. The van der Waals surface area contributed by atoms with Gasteiger partial charge in [0.15, 0.2) is 10.9 Å². The minimum absolute atomic E-state index is 0.0682. The van der Waals surface area contributed by atoms with Gasteiger partial charge in [-0.25, -0.2) is 4.98 Å². The number of nitrogens with zero attached hydrogens (tertiary/aromatic N) is 4. The number of rotatable bonds is 7. The third kappa shape index (κ3) is 5.61. The number of ether oxygens (including phenoxy) is 1. The molecule has 3 saturated heterocycles. The Morgan fingerprint density at radius 2 is 1.93 bits per heavy atom. The van der Waals surface area contributed by atoms with Crippen LogP contribution < -0.4 is 10.2 Å². The lowest BCUT2D eigenvalue weighted by Crippen LogP contribution is -2.52. The van der Waals surface area contributed by atoms with E-state index >= 15 is 0 Å². The number of likely N-dealkylation sites (tertiary alicyclic amines) is 1. The second-order valence-corrected chi connectivity index (χ2v) is 12.0. The zero-order valence-corrected chi connectivity index (χ0v) is 23.7. The fourth-order valence-corrected chi connectivity index (χ4v) is 6.41. The molecule has 212 valence electrons. The second kappa shape index (κ2) is 11.6. The number of carbonyl (C=O) groups excluding carboxylic acids is 3. The molecule has 5 rings (SSSR count). The quantitative estimate of drug-likeness (QED) is 0.513. The predicted octanol–water partition coefficient (Wildman–Crippen LogP) is 2.27. The van der Waals surface area contributed by atoms with Crippen LogP contribution in [0.1, 0.15) is 30.6 Å². The van der Waals surface area contributed by atoms with Gasteiger partial charge in [-0.3, -0.25) is 14.4 Å². The van der Waals surface area contributed by atoms with Crippen LogP contribution in [0.3, 0.4) is 0 Å². The third-order valence-corrected chi connectivity index (χ3v) is 8.67. The van der Waals surface area contributed by atoms with Crippen LogP contribution in [0.2, 0.25) is 0 Å². The molecule has 40 heavy (non-hydrogen) atoms. The lowest BCUT2D eigenvalue weighted by molar-refractivity contribution is -0.138. The fourth-order valence-electron chi connectivity index (χ4n) is 5.55. The Kier molecular flexibility index (Phi) is 8.21. The smallest absolute Gasteiger partial charge is 0.251 e. The number of Topliss-reactive ketones (excluding diaryl/α,β-unsaturated/α-hetero) is 1. The first kappa shape index (κ1) is 28.2. The molecule has 3 aliphatic heterocycles. The average molecular weight is 568 g/mol. The standard InChI is InChI=1S/C29H34FN5O4S/c1-5-18-15-35(24-22(36)16-39-25(18)24)28(38)21(14-17(2)3)31-27(37)20-8-6-19(7-9-20)23-26(30)40-29(32-23)34-12-10-33(4)11-13-34/h1,6-9,17-18,21,24-25H,10-16H2,2-4H3,(H,31,37)/t18-,21?,24-,25-/m1/s1. The summed E-state index contributed by atoms with van der Waals surface area (Å²) in [4.78, 5) is 49.6. The first-order valence-electron chi connectivity index (χ1n) is 13.6. The molecule has 0 aliphatic carbocycles. The number of halogens is 1. The Morgan fingerprint density at radius 3 is 2.58 bits per heavy atom. The van der Waals surface area contributed by atoms with Gasteiger partial charge in [-0.2, -0.15) is 4.39 Å². The molecule has 0 bridgehead atoms. The van der Waals surface area contributed by atoms with Gasteiger partial charge in [-0.1, -0.05) is 43.2 Å². The minimum Gasteiger partial charge on any atom is -0.366 e. The van der Waals surface area contributed by atoms with Crippen LogP contribution in [0.4, 0.5) is 9.52 Å². The van der Waals surface area contributed by atoms with E-state index in [0.29, 0.717) is 22.7 Å². The average Bonchev–Trinajstić information content (AvgIpc) is 3.62. The monoisotopic (exact) mass is 567 g/mol. The number of carbonyl (C=O) groups is 3. The molecule has 3 fully saturated rings. The van der Waals surface area contributed by atoms with E-state index in [1.807, 2.05) is 13.8 Å². The number of terminal acetylenes is 1. The minimum atomic E-state index is -0.833. The number of piperazine rings is 1. The van der Waals surface area contributed by atoms with Gasteiger partial charge in [0, 0.05) is 43.9 Å². The van der Waals surface area contributed by atoms with Crippen LogP contribution in [0.5, 0.6) is 0 Å². The lowest BCUT2D eigenvalue weighted by atomic mass is 10.0. The van der Waals surface area contributed by atoms with E-state index in [2.05, 4.69) is 33.1 Å². The molecule has 0 spiro atoms. The highest BCUT2D eigenvalue weighted by Gasteiger charge is 2.52. The highest BCUT2D eigenvalue weighted by Crippen LogP contribution is 2.33. The summed E-state index contributed by atoms with van der Waals surface area (Å²) in [6, 6.07) is 4.98. The summed E-state index contributed by atoms with van der Waals surface area (Å²) in [7, 11) is 2.06. The zero-order chi connectivity index (χ0) is 28.6. The molecule has 1 N–H and O–H groups in total. The first-order chi connectivity index (χ1) is 19.2. The van der Waals surface area contributed by atoms with Crippen molar-refractivity contribution in [3.05, 3.63) is 35.0 Å². The maximum absolute atomic E-state index is 14.8. The van der Waals surface area contributed by atoms with Gasteiger partial charge in [0.1, 0.15) is 30.5 Å². The number of amides is 2. The van der Waals surface area contributed by atoms with Crippen molar-refractivity contribution in [2.75, 3.05) is 51.3 Å². The number of fused-ring (bicyclic) bond motifs is 1. The Balaban J connectivity index is 1.29. The largest absolute Gasteiger partial charge is 0.366 e. The Morgan fingerprint density at radius 1 is 1.23 bits per heavy atom. The lowest BCUT2D eigenvalue weighted by Gasteiger charge is -2.31. The van der Waals surface area contributed by atoms with Gasteiger partial charge in [0.05, 0.1) is 5.92 Å². The molecular formula is C29H34FN5O4S. The van der Waals surface area contributed by atoms with E-state index in [0.717, 1.165) is 37.5 Å². The van der Waals surface area contributed by atoms with E-state index in [-0.39, 0.29) is 47.5 Å². The Labute approximate surface area is 237 Å². The van der Waals surface area contributed by atoms with Crippen LogP contribution in [-0.4, -0.2) is 96.9 Å². The summed E-state index contributed by atoms with van der Waals surface area (Å²) >= 11 is 1.03. The van der Waals surface area contributed by atoms with Gasteiger partial charge in [0.2, 0.25) is 11.0 Å². The highest BCUT2D eigenvalue weighted by atomic mass is 32.1. The van der Waals surface area contributed by atoms with Crippen LogP contribution in [0.15, 0.2) is 24.3 Å². The van der Waals surface area contributed by atoms with Gasteiger partial charge in [-0.15, -0.1) is 6.42 Å². The van der Waals surface area contributed by atoms with Crippen LogP contribution in [0, 0.1) is 29.3 Å². The summed E-state index contributed by atoms with van der Waals surface area (Å²) in [6.07, 6.45) is 5.53. The van der Waals surface area contributed by atoms with Crippen molar-refractivity contribution in [3.8, 4) is 23.6 Å². The third-order valence-electron chi connectivity index (χ3n) is 7.76. The maximum atomic E-state index is 14.8. The number of ketones is 1. The molecule has 1 unspecified atom stereocenters. The van der Waals surface area contributed by atoms with Crippen molar-refractivity contribution in [2.45, 2.75) is 38.5 Å². The van der Waals surface area contributed by atoms with Crippen molar-refractivity contribution in [2.24, 2.45) is 11.8 Å². The summed E-state index contributed by atoms with van der Waals surface area (Å²) < 4.78 is 20.4. The zero-order valence-electron chi connectivity index (χ0n) is 22.9. The fraction of sp³-hybridized carbons (Fsp3) is 0.517. The van der Waals surface area contributed by atoms with Gasteiger partial charge >= 0.3 is 0 Å². The molecule has 1 aromatic carbocycles. The molecule has 1 aromatic heterocycles. The Bertz CT molecular complexity index is 1310. The number of benzene rings is 1. The molecular weight excluding hydrogens is 533 g/mol. The topological polar surface area (TPSA) is 95.1 Å². The predicted molar refractivity (Wildman–Crippen MR) is 150 cm³/mol. The van der Waals surface area contributed by atoms with E-state index in [1.165, 1.54) is 4.90 Å². The van der Waals surface area contributed by atoms with E-state index in [1.54, 1.807) is 24.3 Å². The molecule has 4 heterocycles. The number of thiazole rings is 1. The molecule has 0 saturated carbocycles. The van der Waals surface area contributed by atoms with Gasteiger partial charge in [0.25, 0.3) is 5.91 Å². The van der Waals surface area contributed by atoms with Crippen molar-refractivity contribution in [1.29, 1.82) is 0 Å². The van der Waals surface area contributed by atoms with Crippen LogP contribution >= 0.6 is 11.3 Å². The highest BCUT2D eigenvalue weighted by molar-refractivity contribution is 7.14. The molecule has 11 heteroatoms. The number of hydrogen-bond donors (Lipinski definition) is 1. The van der Waals surface area contributed by atoms with E-state index in [9.17, 15) is 18.8 Å². The van der Waals surface area contributed by atoms with Crippen molar-refractivity contribution in [3.63, 3.8) is 0 Å². The van der Waals surface area contributed by atoms with Crippen molar-refractivity contribution < 1.29 is 23.5 Å². The van der Waals surface area contributed by atoms with Crippen molar-refractivity contribution >= 4 is 34.1 Å². The van der Waals surface area contributed by atoms with E-state index < -0.39 is 24.1 Å². The number of hydrogen-bond acceptors (Lipinski definition) is 8. The number of anilines is 1. The molecule has 2 aromatic rings. The maximum Gasteiger partial charge on any atom is 0.251 e. The molecule has 3 aliphatic rings. The summed E-state index contributed by atoms with van der Waals surface area (Å²) in [5.41, 5.74) is 1.17. The SMILES string of the molecule is C#C[C@@H]1CN(C(=O)C(CC(C)C)NC(=O)c2ccc(-c3nc(N4CCN(C)CC4)sc3F)cc2)[C@@H]2C(=O)CO[C@H]12. The molecule has 0 radical (unpaired) electrons. The second-order valence-electron chi connectivity index (χ2n) is 11.1. The van der Waals surface area contributed by atoms with Gasteiger partial charge in [-0.05, 0) is 31.5 Å². The normalized spacial score (nSPS) is 23.8. The summed E-state index contributed by atoms with van der Waals surface area (Å²) in [5.74, 6) is 1.43. The Hall–Kier alpha value is -3.33.